The van der Waals surface area contributed by atoms with Gasteiger partial charge in [0, 0.05) is 16.7 Å². The minimum absolute atomic E-state index is 0.414. The van der Waals surface area contributed by atoms with Crippen molar-refractivity contribution in [3.63, 3.8) is 0 Å². The quantitative estimate of drug-likeness (QED) is 0.450. The normalized spacial score (nSPS) is 11.3. The molecule has 0 aliphatic carbocycles. The van der Waals surface area contributed by atoms with Crippen LogP contribution >= 0.6 is 11.6 Å². The molecule has 0 atom stereocenters. The molecular weight excluding hydrogens is 360 g/mol. The molecule has 5 rings (SSSR count). The van der Waals surface area contributed by atoms with E-state index in [9.17, 15) is 4.79 Å². The van der Waals surface area contributed by atoms with Gasteiger partial charge in [0.05, 0.1) is 10.9 Å². The smallest absolute Gasteiger partial charge is 0.282 e. The Balaban J connectivity index is 2.10. The number of hydrogen-bond acceptors (Lipinski definition) is 2. The Labute approximate surface area is 159 Å². The lowest BCUT2D eigenvalue weighted by Crippen LogP contribution is -2.27. The molecule has 0 amide bonds. The molecule has 130 valence electrons. The number of benzene rings is 3. The van der Waals surface area contributed by atoms with Crippen molar-refractivity contribution in [3.8, 4) is 22.3 Å². The maximum Gasteiger partial charge on any atom is 0.435 e. The van der Waals surface area contributed by atoms with E-state index in [2.05, 4.69) is 5.27 Å². The Morgan fingerprint density at radius 3 is 2.11 bits per heavy atom. The summed E-state index contributed by atoms with van der Waals surface area (Å²) in [5, 5.41) is 4.29. The van der Waals surface area contributed by atoms with E-state index in [-0.39, 0.29) is 0 Å². The Bertz CT molecular complexity index is 1340. The lowest BCUT2D eigenvalue weighted by molar-refractivity contribution is -0.567. The molecule has 0 radical (unpaired) electrons. The highest BCUT2D eigenvalue weighted by atomic mass is 35.5. The first-order valence-electron chi connectivity index (χ1n) is 8.53. The summed E-state index contributed by atoms with van der Waals surface area (Å²) in [4.78, 5) is 12.6. The maximum atomic E-state index is 12.6. The van der Waals surface area contributed by atoms with Crippen molar-refractivity contribution in [1.82, 2.24) is 5.27 Å². The monoisotopic (exact) mass is 373 g/mol. The fourth-order valence-electron chi connectivity index (χ4n) is 3.60. The maximum absolute atomic E-state index is 12.6. The van der Waals surface area contributed by atoms with Crippen LogP contribution in [0.3, 0.4) is 0 Å². The van der Waals surface area contributed by atoms with Gasteiger partial charge in [0.2, 0.25) is 5.52 Å². The number of aromatic nitrogens is 2. The number of halogens is 1. The number of fused-ring (bicyclic) bond motifs is 3. The van der Waals surface area contributed by atoms with Crippen LogP contribution in [0.4, 0.5) is 0 Å². The van der Waals surface area contributed by atoms with Crippen molar-refractivity contribution in [2.45, 2.75) is 0 Å². The molecule has 3 aromatic carbocycles. The third-order valence-corrected chi connectivity index (χ3v) is 4.96. The van der Waals surface area contributed by atoms with Crippen LogP contribution in [0.25, 0.3) is 38.7 Å². The van der Waals surface area contributed by atoms with Gasteiger partial charge in [-0.2, -0.15) is 0 Å². The molecule has 5 heteroatoms. The average Bonchev–Trinajstić information content (AvgIpc) is 3.09. The largest absolute Gasteiger partial charge is 0.435 e. The average molecular weight is 374 g/mol. The zero-order chi connectivity index (χ0) is 18.4. The summed E-state index contributed by atoms with van der Waals surface area (Å²) < 4.78 is 6.84. The van der Waals surface area contributed by atoms with E-state index in [1.54, 1.807) is 10.6 Å². The van der Waals surface area contributed by atoms with E-state index in [0.717, 1.165) is 33.2 Å². The van der Waals surface area contributed by atoms with Gasteiger partial charge < -0.3 is 0 Å². The summed E-state index contributed by atoms with van der Waals surface area (Å²) >= 11 is 6.33. The molecule has 0 bridgehead atoms. The van der Waals surface area contributed by atoms with Crippen LogP contribution in [0.15, 0.2) is 88.2 Å². The molecular formula is C22H14ClN2O2+. The fourth-order valence-corrected chi connectivity index (χ4v) is 3.78. The lowest BCUT2D eigenvalue weighted by atomic mass is 9.91. The number of nitrogens with zero attached hydrogens (tertiary/aromatic N) is 1. The Morgan fingerprint density at radius 1 is 0.815 bits per heavy atom. The van der Waals surface area contributed by atoms with Crippen LogP contribution < -0.4 is 10.1 Å². The van der Waals surface area contributed by atoms with Crippen molar-refractivity contribution in [2.75, 3.05) is 0 Å². The molecule has 4 nitrogen and oxygen atoms in total. The SMILES string of the molecule is O=c1o[nH][n+]2c1c(-c1ccccc1)c(-c1ccccc1)c1cc(Cl)ccc12. The van der Waals surface area contributed by atoms with Crippen molar-refractivity contribution in [3.05, 3.63) is 94.3 Å². The van der Waals surface area contributed by atoms with Crippen LogP contribution in [-0.2, 0) is 0 Å². The Kier molecular flexibility index (Phi) is 3.59. The second kappa shape index (κ2) is 6.11. The van der Waals surface area contributed by atoms with Crippen molar-refractivity contribution in [1.29, 1.82) is 0 Å². The van der Waals surface area contributed by atoms with E-state index in [1.807, 2.05) is 72.8 Å². The molecule has 0 spiro atoms. The molecule has 0 saturated heterocycles. The predicted molar refractivity (Wildman–Crippen MR) is 106 cm³/mol. The van der Waals surface area contributed by atoms with Crippen molar-refractivity contribution >= 4 is 28.0 Å². The molecule has 0 aliphatic rings. The number of hydrogen-bond donors (Lipinski definition) is 1. The summed E-state index contributed by atoms with van der Waals surface area (Å²) in [6.45, 7) is 0. The van der Waals surface area contributed by atoms with E-state index in [1.165, 1.54) is 0 Å². The van der Waals surface area contributed by atoms with Crippen LogP contribution in [0.5, 0.6) is 0 Å². The molecule has 2 heterocycles. The van der Waals surface area contributed by atoms with Gasteiger partial charge >= 0.3 is 11.1 Å². The van der Waals surface area contributed by atoms with Crippen LogP contribution in [0.1, 0.15) is 0 Å². The van der Waals surface area contributed by atoms with Crippen LogP contribution in [-0.4, -0.2) is 5.27 Å². The Morgan fingerprint density at radius 2 is 1.44 bits per heavy atom. The van der Waals surface area contributed by atoms with E-state index < -0.39 is 5.63 Å². The van der Waals surface area contributed by atoms with Gasteiger partial charge in [-0.25, -0.2) is 4.79 Å². The highest BCUT2D eigenvalue weighted by Gasteiger charge is 2.28. The van der Waals surface area contributed by atoms with E-state index in [0.29, 0.717) is 10.5 Å². The van der Waals surface area contributed by atoms with Crippen LogP contribution in [0.2, 0.25) is 5.02 Å². The van der Waals surface area contributed by atoms with Gasteiger partial charge in [-0.1, -0.05) is 72.3 Å². The molecule has 2 aromatic heterocycles. The predicted octanol–water partition coefficient (Wildman–Crippen LogP) is 4.85. The summed E-state index contributed by atoms with van der Waals surface area (Å²) in [5.41, 5.74) is 4.57. The minimum Gasteiger partial charge on any atom is -0.282 e. The van der Waals surface area contributed by atoms with Gasteiger partial charge in [-0.3, -0.25) is 4.52 Å². The van der Waals surface area contributed by atoms with Gasteiger partial charge in [0.25, 0.3) is 0 Å². The lowest BCUT2D eigenvalue weighted by Gasteiger charge is -2.11. The van der Waals surface area contributed by atoms with E-state index >= 15 is 0 Å². The van der Waals surface area contributed by atoms with Gasteiger partial charge in [-0.15, -0.1) is 0 Å². The topological polar surface area (TPSA) is 50.1 Å². The highest BCUT2D eigenvalue weighted by Crippen LogP contribution is 2.39. The van der Waals surface area contributed by atoms with Crippen molar-refractivity contribution < 1.29 is 9.04 Å². The minimum atomic E-state index is -0.414. The number of aromatic amines is 1. The molecule has 0 fully saturated rings. The molecule has 0 aliphatic heterocycles. The third-order valence-electron chi connectivity index (χ3n) is 4.73. The molecule has 0 unspecified atom stereocenters. The number of pyridine rings is 1. The second-order valence-electron chi connectivity index (χ2n) is 6.31. The van der Waals surface area contributed by atoms with Crippen molar-refractivity contribution in [2.24, 2.45) is 0 Å². The molecule has 1 N–H and O–H groups in total. The van der Waals surface area contributed by atoms with E-state index in [4.69, 9.17) is 16.1 Å². The Hall–Kier alpha value is -3.37. The number of rotatable bonds is 2. The molecule has 5 aromatic rings. The standard InChI is InChI=1S/C22H13ClN2O2/c23-16-11-12-18-17(13-16)19(14-7-3-1-4-8-14)20(15-9-5-2-6-10-15)21-22(26)27-24-25(18)21/h1-13H/p+1. The first-order chi connectivity index (χ1) is 13.2. The zero-order valence-corrected chi connectivity index (χ0v) is 14.9. The second-order valence-corrected chi connectivity index (χ2v) is 6.74. The number of H-pyrrole nitrogens is 1. The zero-order valence-electron chi connectivity index (χ0n) is 14.1. The first-order valence-corrected chi connectivity index (χ1v) is 8.91. The first kappa shape index (κ1) is 15.9. The summed E-state index contributed by atoms with van der Waals surface area (Å²) in [5.74, 6) is 0. The highest BCUT2D eigenvalue weighted by molar-refractivity contribution is 6.31. The molecule has 0 saturated carbocycles. The summed E-state index contributed by atoms with van der Waals surface area (Å²) in [6.07, 6.45) is 0. The van der Waals surface area contributed by atoms with Gasteiger partial charge in [-0.05, 0) is 33.0 Å². The number of nitrogens with one attached hydrogen (secondary N) is 1. The third kappa shape index (κ3) is 2.46. The summed E-state index contributed by atoms with van der Waals surface area (Å²) in [6, 6.07) is 25.5. The van der Waals surface area contributed by atoms with Gasteiger partial charge in [0.15, 0.2) is 0 Å². The van der Waals surface area contributed by atoms with Crippen LogP contribution in [0, 0.1) is 0 Å². The fraction of sp³-hybridized carbons (Fsp3) is 0. The summed E-state index contributed by atoms with van der Waals surface area (Å²) in [7, 11) is 0. The molecule has 27 heavy (non-hydrogen) atoms. The van der Waals surface area contributed by atoms with Gasteiger partial charge in [0.1, 0.15) is 0 Å².